The zero-order chi connectivity index (χ0) is 12.6. The van der Waals surface area contributed by atoms with Crippen LogP contribution in [0.25, 0.3) is 0 Å². The van der Waals surface area contributed by atoms with Gasteiger partial charge < -0.3 is 0 Å². The first-order valence-corrected chi connectivity index (χ1v) is 5.99. The van der Waals surface area contributed by atoms with Crippen molar-refractivity contribution in [3.63, 3.8) is 0 Å². The van der Waals surface area contributed by atoms with E-state index in [0.29, 0.717) is 5.92 Å². The Hall–Kier alpha value is -1.64. The van der Waals surface area contributed by atoms with Gasteiger partial charge in [0.05, 0.1) is 5.70 Å². The van der Waals surface area contributed by atoms with E-state index in [1.165, 1.54) is 17.1 Å². The summed E-state index contributed by atoms with van der Waals surface area (Å²) in [6, 6.07) is 0. The molecule has 0 spiro atoms. The van der Waals surface area contributed by atoms with Gasteiger partial charge in [0.25, 0.3) is 11.8 Å². The largest absolute Gasteiger partial charge is 0.269 e. The van der Waals surface area contributed by atoms with E-state index in [2.05, 4.69) is 13.0 Å². The smallest absolute Gasteiger partial charge is 0.258 e. The van der Waals surface area contributed by atoms with E-state index < -0.39 is 0 Å². The van der Waals surface area contributed by atoms with Crippen LogP contribution in [0.1, 0.15) is 33.6 Å². The number of hydrogen-bond acceptors (Lipinski definition) is 2. The van der Waals surface area contributed by atoms with Crippen molar-refractivity contribution < 1.29 is 9.59 Å². The Kier molecular flexibility index (Phi) is 3.01. The van der Waals surface area contributed by atoms with Crippen LogP contribution in [-0.4, -0.2) is 16.7 Å². The quantitative estimate of drug-likeness (QED) is 0.685. The molecule has 1 atom stereocenters. The van der Waals surface area contributed by atoms with E-state index in [1.54, 1.807) is 0 Å². The van der Waals surface area contributed by atoms with E-state index in [-0.39, 0.29) is 11.8 Å². The Morgan fingerprint density at radius 2 is 1.82 bits per heavy atom. The second kappa shape index (κ2) is 4.32. The summed E-state index contributed by atoms with van der Waals surface area (Å²) in [4.78, 5) is 24.7. The number of hydrogen-bond donors (Lipinski definition) is 0. The molecule has 1 unspecified atom stereocenters. The summed E-state index contributed by atoms with van der Waals surface area (Å²) in [5, 5.41) is 0. The number of carbonyl (C=O) groups is 2. The summed E-state index contributed by atoms with van der Waals surface area (Å²) in [6.07, 6.45) is 6.85. The third-order valence-electron chi connectivity index (χ3n) is 3.39. The van der Waals surface area contributed by atoms with Crippen LogP contribution in [0.5, 0.6) is 0 Å². The second-order valence-corrected chi connectivity index (χ2v) is 4.70. The Morgan fingerprint density at radius 3 is 2.29 bits per heavy atom. The van der Waals surface area contributed by atoms with Crippen LogP contribution in [0.15, 0.2) is 35.1 Å². The number of amides is 2. The van der Waals surface area contributed by atoms with Crippen molar-refractivity contribution in [2.24, 2.45) is 5.92 Å². The molecule has 0 N–H and O–H groups in total. The Bertz CT molecular complexity index is 451. The van der Waals surface area contributed by atoms with Crippen molar-refractivity contribution in [2.45, 2.75) is 33.6 Å². The number of carbonyl (C=O) groups excluding carboxylic acids is 2. The van der Waals surface area contributed by atoms with Gasteiger partial charge in [0.15, 0.2) is 0 Å². The molecule has 3 nitrogen and oxygen atoms in total. The molecular weight excluding hydrogens is 214 g/mol. The molecule has 0 bridgehead atoms. The van der Waals surface area contributed by atoms with Gasteiger partial charge in [0.2, 0.25) is 0 Å². The predicted molar refractivity (Wildman–Crippen MR) is 65.8 cm³/mol. The zero-order valence-electron chi connectivity index (χ0n) is 10.5. The highest BCUT2D eigenvalue weighted by atomic mass is 16.2. The molecule has 1 aliphatic carbocycles. The van der Waals surface area contributed by atoms with Crippen LogP contribution in [0.3, 0.4) is 0 Å². The molecule has 90 valence electrons. The van der Waals surface area contributed by atoms with Crippen LogP contribution >= 0.6 is 0 Å². The topological polar surface area (TPSA) is 37.4 Å². The van der Waals surface area contributed by atoms with Crippen molar-refractivity contribution in [1.29, 1.82) is 0 Å². The molecule has 0 fully saturated rings. The highest BCUT2D eigenvalue weighted by Gasteiger charge is 2.31. The lowest BCUT2D eigenvalue weighted by atomic mass is 9.87. The fourth-order valence-electron chi connectivity index (χ4n) is 2.57. The van der Waals surface area contributed by atoms with Crippen molar-refractivity contribution in [3.05, 3.63) is 35.1 Å². The highest BCUT2D eigenvalue weighted by Crippen LogP contribution is 2.33. The summed E-state index contributed by atoms with van der Waals surface area (Å²) in [5.41, 5.74) is 2.96. The van der Waals surface area contributed by atoms with Crippen LogP contribution in [0, 0.1) is 5.92 Å². The summed E-state index contributed by atoms with van der Waals surface area (Å²) >= 11 is 0. The normalized spacial score (nSPS) is 24.8. The lowest BCUT2D eigenvalue weighted by Crippen LogP contribution is -2.32. The molecule has 0 saturated heterocycles. The maximum Gasteiger partial charge on any atom is 0.258 e. The second-order valence-electron chi connectivity index (χ2n) is 4.70. The van der Waals surface area contributed by atoms with Crippen LogP contribution in [0.4, 0.5) is 0 Å². The molecule has 0 aromatic carbocycles. The standard InChI is InChI=1S/C14H17NO2/c1-4-11-7-9(2)14(10(3)8-11)15-12(16)5-6-13(15)17/h5-7,11H,4,8H2,1-3H3. The predicted octanol–water partition coefficient (Wildman–Crippen LogP) is 2.56. The van der Waals surface area contributed by atoms with Gasteiger partial charge in [-0.2, -0.15) is 0 Å². The first-order chi connectivity index (χ1) is 8.04. The van der Waals surface area contributed by atoms with E-state index >= 15 is 0 Å². The monoisotopic (exact) mass is 231 g/mol. The van der Waals surface area contributed by atoms with Gasteiger partial charge >= 0.3 is 0 Å². The van der Waals surface area contributed by atoms with Crippen molar-refractivity contribution in [2.75, 3.05) is 0 Å². The molecular formula is C14H17NO2. The summed E-state index contributed by atoms with van der Waals surface area (Å²) in [5.74, 6) is 0.0682. The van der Waals surface area contributed by atoms with Gasteiger partial charge in [-0.15, -0.1) is 0 Å². The third-order valence-corrected chi connectivity index (χ3v) is 3.39. The summed E-state index contributed by atoms with van der Waals surface area (Å²) in [6.45, 7) is 6.13. The van der Waals surface area contributed by atoms with Crippen molar-refractivity contribution in [1.82, 2.24) is 4.90 Å². The highest BCUT2D eigenvalue weighted by molar-refractivity contribution is 6.14. The van der Waals surface area contributed by atoms with E-state index in [9.17, 15) is 9.59 Å². The third kappa shape index (κ3) is 1.97. The Balaban J connectivity index is 2.36. The maximum absolute atomic E-state index is 11.7. The molecule has 2 amide bonds. The minimum Gasteiger partial charge on any atom is -0.269 e. The summed E-state index contributed by atoms with van der Waals surface area (Å²) < 4.78 is 0. The lowest BCUT2D eigenvalue weighted by Gasteiger charge is -2.28. The molecule has 1 aliphatic heterocycles. The van der Waals surface area contributed by atoms with Gasteiger partial charge in [-0.1, -0.05) is 13.0 Å². The van der Waals surface area contributed by atoms with Crippen LogP contribution in [0.2, 0.25) is 0 Å². The first-order valence-electron chi connectivity index (χ1n) is 5.99. The molecule has 0 radical (unpaired) electrons. The minimum atomic E-state index is -0.230. The summed E-state index contributed by atoms with van der Waals surface area (Å²) in [7, 11) is 0. The number of imide groups is 1. The van der Waals surface area contributed by atoms with Crippen LogP contribution in [-0.2, 0) is 9.59 Å². The molecule has 0 aromatic heterocycles. The molecule has 2 rings (SSSR count). The molecule has 0 aromatic rings. The fraction of sp³-hybridized carbons (Fsp3) is 0.429. The Morgan fingerprint density at radius 1 is 1.24 bits per heavy atom. The van der Waals surface area contributed by atoms with Gasteiger partial charge in [0.1, 0.15) is 0 Å². The van der Waals surface area contributed by atoms with Gasteiger partial charge in [-0.3, -0.25) is 9.59 Å². The lowest BCUT2D eigenvalue weighted by molar-refractivity contribution is -0.134. The van der Waals surface area contributed by atoms with Crippen LogP contribution < -0.4 is 0 Å². The molecule has 3 heteroatoms. The van der Waals surface area contributed by atoms with Crippen molar-refractivity contribution in [3.8, 4) is 0 Å². The van der Waals surface area contributed by atoms with Gasteiger partial charge in [-0.25, -0.2) is 4.90 Å². The number of nitrogens with zero attached hydrogens (tertiary/aromatic N) is 1. The average Bonchev–Trinajstić information content (AvgIpc) is 2.59. The zero-order valence-corrected chi connectivity index (χ0v) is 10.5. The van der Waals surface area contributed by atoms with E-state index in [0.717, 1.165) is 29.7 Å². The Labute approximate surface area is 101 Å². The van der Waals surface area contributed by atoms with E-state index in [1.807, 2.05) is 13.8 Å². The molecule has 1 heterocycles. The van der Waals surface area contributed by atoms with Crippen molar-refractivity contribution >= 4 is 11.8 Å². The first kappa shape index (κ1) is 11.8. The van der Waals surface area contributed by atoms with Gasteiger partial charge in [-0.05, 0) is 43.8 Å². The fourth-order valence-corrected chi connectivity index (χ4v) is 2.57. The molecule has 2 aliphatic rings. The average molecular weight is 231 g/mol. The number of allylic oxidation sites excluding steroid dienone is 3. The van der Waals surface area contributed by atoms with E-state index in [4.69, 9.17) is 0 Å². The minimum absolute atomic E-state index is 0.230. The van der Waals surface area contributed by atoms with Gasteiger partial charge in [0, 0.05) is 12.2 Å². The molecule has 17 heavy (non-hydrogen) atoms. The molecule has 0 saturated carbocycles. The maximum atomic E-state index is 11.7. The number of rotatable bonds is 2. The SMILES string of the molecule is CCC1C=C(C)C(N2C(=O)C=CC2=O)=C(C)C1.